The summed E-state index contributed by atoms with van der Waals surface area (Å²) < 4.78 is 0. The highest BCUT2D eigenvalue weighted by molar-refractivity contribution is 6.18. The second kappa shape index (κ2) is 9.39. The summed E-state index contributed by atoms with van der Waals surface area (Å²) in [5, 5.41) is 7.07. The van der Waals surface area contributed by atoms with Gasteiger partial charge in [-0.15, -0.1) is 11.6 Å². The van der Waals surface area contributed by atoms with Gasteiger partial charge in [-0.05, 0) is 73.2 Å². The molecule has 3 fully saturated rings. The maximum absolute atomic E-state index is 6.06. The van der Waals surface area contributed by atoms with Gasteiger partial charge in [0.15, 0.2) is 0 Å². The van der Waals surface area contributed by atoms with Crippen molar-refractivity contribution in [2.75, 3.05) is 25.6 Å². The standard InChI is InChI=1S/C25H40ClN3/c1-6-20(4)25-10-7-24(8-11-25,9-12-25)16-28-21(5)23-22(15-27-17-29-23)13-18(2)19(3)14-26/h13,18-19,27-28H,4-12,14-17H2,1-3H3/b22-13+. The molecule has 0 amide bonds. The van der Waals surface area contributed by atoms with E-state index >= 15 is 0 Å². The summed E-state index contributed by atoms with van der Waals surface area (Å²) in [7, 11) is 0. The third-order valence-corrected chi connectivity index (χ3v) is 8.60. The van der Waals surface area contributed by atoms with Crippen LogP contribution < -0.4 is 10.6 Å². The summed E-state index contributed by atoms with van der Waals surface area (Å²) in [4.78, 5) is 4.75. The van der Waals surface area contributed by atoms with Gasteiger partial charge in [-0.3, -0.25) is 10.3 Å². The minimum atomic E-state index is 0.426. The SMILES string of the molecule is C=C(NCC12CCC(C(=C)CC)(CC1)CC2)C1=NCNC/C1=C\C(C)C(C)CCl. The molecule has 0 aromatic carbocycles. The van der Waals surface area contributed by atoms with Crippen molar-refractivity contribution in [1.29, 1.82) is 0 Å². The van der Waals surface area contributed by atoms with Crippen molar-refractivity contribution >= 4 is 17.3 Å². The number of hydrogen-bond donors (Lipinski definition) is 2. The first kappa shape index (κ1) is 22.6. The van der Waals surface area contributed by atoms with Gasteiger partial charge in [0, 0.05) is 19.0 Å². The van der Waals surface area contributed by atoms with Crippen LogP contribution >= 0.6 is 11.6 Å². The highest BCUT2D eigenvalue weighted by Gasteiger charge is 2.49. The Morgan fingerprint density at radius 2 is 1.86 bits per heavy atom. The van der Waals surface area contributed by atoms with E-state index < -0.39 is 0 Å². The van der Waals surface area contributed by atoms with Crippen molar-refractivity contribution in [3.05, 3.63) is 36.1 Å². The number of nitrogens with one attached hydrogen (secondary N) is 2. The van der Waals surface area contributed by atoms with Gasteiger partial charge in [0.2, 0.25) is 0 Å². The summed E-state index contributed by atoms with van der Waals surface area (Å²) in [6, 6.07) is 0. The molecule has 1 heterocycles. The van der Waals surface area contributed by atoms with E-state index in [4.69, 9.17) is 16.6 Å². The Labute approximate surface area is 183 Å². The van der Waals surface area contributed by atoms with Crippen LogP contribution in [-0.2, 0) is 0 Å². The molecule has 3 nitrogen and oxygen atoms in total. The average molecular weight is 418 g/mol. The lowest BCUT2D eigenvalue weighted by Gasteiger charge is -2.54. The van der Waals surface area contributed by atoms with E-state index in [1.165, 1.54) is 49.7 Å². The molecule has 29 heavy (non-hydrogen) atoms. The van der Waals surface area contributed by atoms with Gasteiger partial charge in [0.05, 0.1) is 18.1 Å². The van der Waals surface area contributed by atoms with Crippen molar-refractivity contribution in [2.24, 2.45) is 27.7 Å². The lowest BCUT2D eigenvalue weighted by atomic mass is 9.51. The number of rotatable bonds is 9. The molecule has 1 aliphatic heterocycles. The first-order valence-electron chi connectivity index (χ1n) is 11.5. The molecule has 2 unspecified atom stereocenters. The van der Waals surface area contributed by atoms with Gasteiger partial charge in [0.1, 0.15) is 0 Å². The normalized spacial score (nSPS) is 32.6. The zero-order valence-corrected chi connectivity index (χ0v) is 19.5. The maximum atomic E-state index is 6.06. The number of aliphatic imine (C=N–C) groups is 1. The average Bonchev–Trinajstić information content (AvgIpc) is 2.77. The second-order valence-corrected chi connectivity index (χ2v) is 10.2. The fourth-order valence-corrected chi connectivity index (χ4v) is 5.65. The summed E-state index contributed by atoms with van der Waals surface area (Å²) in [6.45, 7) is 18.0. The van der Waals surface area contributed by atoms with Gasteiger partial charge in [-0.2, -0.15) is 0 Å². The van der Waals surface area contributed by atoms with Crippen molar-refractivity contribution in [2.45, 2.75) is 65.7 Å². The van der Waals surface area contributed by atoms with Crippen LogP contribution in [0.15, 0.2) is 41.1 Å². The summed E-state index contributed by atoms with van der Waals surface area (Å²) in [5.41, 5.74) is 5.64. The summed E-state index contributed by atoms with van der Waals surface area (Å²) in [6.07, 6.45) is 11.3. The molecular formula is C25H40ClN3. The number of halogens is 1. The number of allylic oxidation sites excluding steroid dienone is 3. The van der Waals surface area contributed by atoms with E-state index in [9.17, 15) is 0 Å². The highest BCUT2D eigenvalue weighted by Crippen LogP contribution is 2.59. The smallest absolute Gasteiger partial charge is 0.0895 e. The molecule has 0 spiro atoms. The summed E-state index contributed by atoms with van der Waals surface area (Å²) >= 11 is 6.06. The van der Waals surface area contributed by atoms with Gasteiger partial charge in [-0.25, -0.2) is 0 Å². The van der Waals surface area contributed by atoms with E-state index in [1.807, 2.05) is 0 Å². The van der Waals surface area contributed by atoms with Crippen LogP contribution in [0.1, 0.15) is 65.7 Å². The molecule has 4 rings (SSSR count). The van der Waals surface area contributed by atoms with Crippen LogP contribution in [0.3, 0.4) is 0 Å². The maximum Gasteiger partial charge on any atom is 0.0895 e. The van der Waals surface area contributed by atoms with Crippen LogP contribution in [0.4, 0.5) is 0 Å². The monoisotopic (exact) mass is 417 g/mol. The fourth-order valence-electron chi connectivity index (χ4n) is 5.37. The van der Waals surface area contributed by atoms with Gasteiger partial charge in [-0.1, -0.05) is 45.6 Å². The predicted molar refractivity (Wildman–Crippen MR) is 127 cm³/mol. The third kappa shape index (κ3) is 4.82. The van der Waals surface area contributed by atoms with Gasteiger partial charge >= 0.3 is 0 Å². The largest absolute Gasteiger partial charge is 0.383 e. The quantitative estimate of drug-likeness (QED) is 0.365. The number of fused-ring (bicyclic) bond motifs is 3. The molecule has 0 radical (unpaired) electrons. The first-order chi connectivity index (χ1) is 13.8. The van der Waals surface area contributed by atoms with E-state index in [2.05, 4.69) is 50.6 Å². The Hall–Kier alpha value is -1.06. The summed E-state index contributed by atoms with van der Waals surface area (Å²) in [5.74, 6) is 1.56. The van der Waals surface area contributed by atoms with E-state index in [1.54, 1.807) is 0 Å². The van der Waals surface area contributed by atoms with Crippen molar-refractivity contribution in [1.82, 2.24) is 10.6 Å². The van der Waals surface area contributed by atoms with E-state index in [0.29, 0.717) is 35.2 Å². The molecule has 0 aromatic rings. The molecule has 0 aromatic heterocycles. The van der Waals surface area contributed by atoms with E-state index in [0.717, 1.165) is 30.9 Å². The van der Waals surface area contributed by atoms with Crippen LogP contribution in [-0.4, -0.2) is 31.3 Å². The van der Waals surface area contributed by atoms with Crippen molar-refractivity contribution < 1.29 is 0 Å². The second-order valence-electron chi connectivity index (χ2n) is 9.84. The zero-order valence-electron chi connectivity index (χ0n) is 18.7. The topological polar surface area (TPSA) is 36.4 Å². The Bertz CT molecular complexity index is 666. The third-order valence-electron chi connectivity index (χ3n) is 8.11. The molecule has 0 saturated heterocycles. The molecule has 162 valence electrons. The molecule has 4 heteroatoms. The highest BCUT2D eigenvalue weighted by atomic mass is 35.5. The van der Waals surface area contributed by atoms with Crippen LogP contribution in [0.25, 0.3) is 0 Å². The fraction of sp³-hybridized carbons (Fsp3) is 0.720. The molecule has 3 saturated carbocycles. The Kier molecular flexibility index (Phi) is 7.32. The molecule has 3 aliphatic carbocycles. The predicted octanol–water partition coefficient (Wildman–Crippen LogP) is 5.84. The van der Waals surface area contributed by atoms with Crippen LogP contribution in [0.2, 0.25) is 0 Å². The lowest BCUT2D eigenvalue weighted by Crippen LogP contribution is -2.47. The van der Waals surface area contributed by atoms with Gasteiger partial charge < -0.3 is 5.32 Å². The first-order valence-corrected chi connectivity index (χ1v) is 12.0. The Balaban J connectivity index is 1.61. The van der Waals surface area contributed by atoms with E-state index in [-0.39, 0.29) is 0 Å². The number of hydrogen-bond acceptors (Lipinski definition) is 3. The molecule has 2 atom stereocenters. The number of nitrogens with zero attached hydrogens (tertiary/aromatic N) is 1. The molecule has 2 bridgehead atoms. The molecular weight excluding hydrogens is 378 g/mol. The van der Waals surface area contributed by atoms with Gasteiger partial charge in [0.25, 0.3) is 0 Å². The van der Waals surface area contributed by atoms with Crippen molar-refractivity contribution in [3.63, 3.8) is 0 Å². The van der Waals surface area contributed by atoms with Crippen molar-refractivity contribution in [3.8, 4) is 0 Å². The Morgan fingerprint density at radius 1 is 1.21 bits per heavy atom. The van der Waals surface area contributed by atoms with Crippen LogP contribution in [0, 0.1) is 22.7 Å². The number of alkyl halides is 1. The Morgan fingerprint density at radius 3 is 2.45 bits per heavy atom. The van der Waals surface area contributed by atoms with Crippen LogP contribution in [0.5, 0.6) is 0 Å². The minimum absolute atomic E-state index is 0.426. The zero-order chi connectivity index (χ0) is 21.1. The minimum Gasteiger partial charge on any atom is -0.383 e. The lowest BCUT2D eigenvalue weighted by molar-refractivity contribution is 0.0156. The molecule has 4 aliphatic rings. The molecule has 2 N–H and O–H groups in total.